The summed E-state index contributed by atoms with van der Waals surface area (Å²) in [4.78, 5) is 0.344. The van der Waals surface area contributed by atoms with Crippen LogP contribution in [0.1, 0.15) is 18.4 Å². The average molecular weight is 360 g/mol. The summed E-state index contributed by atoms with van der Waals surface area (Å²) in [5.74, 6) is 0. The molecular formula is C14H18BrNO3S. The Kier molecular flexibility index (Phi) is 3.29. The zero-order chi connectivity index (χ0) is 14.6. The van der Waals surface area contributed by atoms with Crippen molar-refractivity contribution in [3.63, 3.8) is 0 Å². The van der Waals surface area contributed by atoms with Gasteiger partial charge in [-0.05, 0) is 31.9 Å². The fraction of sp³-hybridized carbons (Fsp3) is 0.571. The van der Waals surface area contributed by atoms with Gasteiger partial charge < -0.3 is 5.11 Å². The summed E-state index contributed by atoms with van der Waals surface area (Å²) in [5, 5.41) is 9.50. The molecule has 0 unspecified atom stereocenters. The van der Waals surface area contributed by atoms with Gasteiger partial charge in [0.05, 0.1) is 11.5 Å². The molecular weight excluding hydrogens is 342 g/mol. The minimum atomic E-state index is -3.44. The van der Waals surface area contributed by atoms with E-state index in [0.29, 0.717) is 24.4 Å². The third-order valence-electron chi connectivity index (χ3n) is 4.67. The number of aryl methyl sites for hydroxylation is 1. The summed E-state index contributed by atoms with van der Waals surface area (Å²) in [6.07, 6.45) is 1.55. The standard InChI is InChI=1S/C14H18BrNO3S/c1-11-2-4-12(5-3-11)20(18,19)16-7-6-13(10-17)8-14(13,15)9-16/h2-5,17H,6-10H2,1H3/t13-,14+/m0/s1. The van der Waals surface area contributed by atoms with Gasteiger partial charge in [0.15, 0.2) is 0 Å². The molecule has 0 spiro atoms. The smallest absolute Gasteiger partial charge is 0.243 e. The van der Waals surface area contributed by atoms with Crippen molar-refractivity contribution in [2.45, 2.75) is 29.0 Å². The SMILES string of the molecule is Cc1ccc(S(=O)(=O)N2CC[C@@]3(CO)C[C@@]3(Br)C2)cc1. The Balaban J connectivity index is 1.85. The van der Waals surface area contributed by atoms with E-state index in [2.05, 4.69) is 15.9 Å². The highest BCUT2D eigenvalue weighted by Gasteiger charge is 2.68. The number of sulfonamides is 1. The van der Waals surface area contributed by atoms with Gasteiger partial charge in [-0.3, -0.25) is 0 Å². The third-order valence-corrected chi connectivity index (χ3v) is 7.90. The van der Waals surface area contributed by atoms with Crippen LogP contribution in [0.3, 0.4) is 0 Å². The quantitative estimate of drug-likeness (QED) is 0.838. The largest absolute Gasteiger partial charge is 0.396 e. The molecule has 1 saturated carbocycles. The van der Waals surface area contributed by atoms with Crippen molar-refractivity contribution in [1.29, 1.82) is 0 Å². The van der Waals surface area contributed by atoms with Gasteiger partial charge in [-0.15, -0.1) is 0 Å². The molecule has 0 amide bonds. The number of benzene rings is 1. The van der Waals surface area contributed by atoms with Gasteiger partial charge in [0.1, 0.15) is 0 Å². The van der Waals surface area contributed by atoms with E-state index >= 15 is 0 Å². The van der Waals surface area contributed by atoms with Crippen molar-refractivity contribution >= 4 is 26.0 Å². The van der Waals surface area contributed by atoms with Gasteiger partial charge in [0.25, 0.3) is 0 Å². The molecule has 6 heteroatoms. The minimum Gasteiger partial charge on any atom is -0.396 e. The number of piperidine rings is 1. The molecule has 0 radical (unpaired) electrons. The number of aliphatic hydroxyl groups excluding tert-OH is 1. The van der Waals surface area contributed by atoms with Crippen LogP contribution >= 0.6 is 15.9 Å². The lowest BCUT2D eigenvalue weighted by Crippen LogP contribution is -2.45. The van der Waals surface area contributed by atoms with Crippen molar-refractivity contribution in [2.75, 3.05) is 19.7 Å². The van der Waals surface area contributed by atoms with Gasteiger partial charge in [-0.2, -0.15) is 4.31 Å². The van der Waals surface area contributed by atoms with E-state index in [-0.39, 0.29) is 16.3 Å². The molecule has 3 rings (SSSR count). The first-order valence-corrected chi connectivity index (χ1v) is 8.93. The zero-order valence-corrected chi connectivity index (χ0v) is 13.7. The minimum absolute atomic E-state index is 0.119. The molecule has 20 heavy (non-hydrogen) atoms. The molecule has 0 bridgehead atoms. The van der Waals surface area contributed by atoms with E-state index in [1.165, 1.54) is 4.31 Å². The molecule has 2 aliphatic rings. The molecule has 0 aromatic heterocycles. The molecule has 1 aromatic rings. The molecule has 1 aliphatic carbocycles. The molecule has 1 N–H and O–H groups in total. The number of hydrogen-bond acceptors (Lipinski definition) is 3. The molecule has 110 valence electrons. The molecule has 2 fully saturated rings. The zero-order valence-electron chi connectivity index (χ0n) is 11.3. The Bertz CT molecular complexity index is 630. The lowest BCUT2D eigenvalue weighted by atomic mass is 9.97. The first kappa shape index (κ1) is 14.5. The van der Waals surface area contributed by atoms with Gasteiger partial charge in [-0.1, -0.05) is 33.6 Å². The van der Waals surface area contributed by atoms with Crippen LogP contribution in [0.15, 0.2) is 29.2 Å². The van der Waals surface area contributed by atoms with Crippen molar-refractivity contribution in [2.24, 2.45) is 5.41 Å². The summed E-state index contributed by atoms with van der Waals surface area (Å²) in [6, 6.07) is 6.95. The highest BCUT2D eigenvalue weighted by atomic mass is 79.9. The maximum atomic E-state index is 12.6. The summed E-state index contributed by atoms with van der Waals surface area (Å²) in [7, 11) is -3.44. The second kappa shape index (κ2) is 4.53. The lowest BCUT2D eigenvalue weighted by molar-refractivity contribution is 0.163. The molecule has 1 aliphatic heterocycles. The first-order valence-electron chi connectivity index (χ1n) is 6.70. The van der Waals surface area contributed by atoms with Crippen molar-refractivity contribution < 1.29 is 13.5 Å². The molecule has 1 heterocycles. The fourth-order valence-corrected chi connectivity index (χ4v) is 5.90. The van der Waals surface area contributed by atoms with E-state index in [1.54, 1.807) is 12.1 Å². The highest BCUT2D eigenvalue weighted by Crippen LogP contribution is 2.66. The normalized spacial score (nSPS) is 33.8. The number of aliphatic hydroxyl groups is 1. The molecule has 1 aromatic carbocycles. The average Bonchev–Trinajstić information content (AvgIpc) is 3.05. The Labute approximate surface area is 128 Å². The number of hydrogen-bond donors (Lipinski definition) is 1. The van der Waals surface area contributed by atoms with E-state index in [9.17, 15) is 13.5 Å². The van der Waals surface area contributed by atoms with Crippen molar-refractivity contribution in [3.05, 3.63) is 29.8 Å². The highest BCUT2D eigenvalue weighted by molar-refractivity contribution is 9.10. The van der Waals surface area contributed by atoms with Crippen LogP contribution in [-0.4, -0.2) is 41.9 Å². The maximum absolute atomic E-state index is 12.6. The second-order valence-corrected chi connectivity index (χ2v) is 9.44. The van der Waals surface area contributed by atoms with Crippen molar-refractivity contribution in [1.82, 2.24) is 4.31 Å². The van der Waals surface area contributed by atoms with Gasteiger partial charge in [0, 0.05) is 22.8 Å². The van der Waals surface area contributed by atoms with Crippen molar-refractivity contribution in [3.8, 4) is 0 Å². The lowest BCUT2D eigenvalue weighted by Gasteiger charge is -2.33. The number of fused-ring (bicyclic) bond motifs is 1. The fourth-order valence-electron chi connectivity index (χ4n) is 3.07. The van der Waals surface area contributed by atoms with Gasteiger partial charge >= 0.3 is 0 Å². The van der Waals surface area contributed by atoms with Crippen LogP contribution in [0.25, 0.3) is 0 Å². The van der Waals surface area contributed by atoms with E-state index in [0.717, 1.165) is 12.0 Å². The summed E-state index contributed by atoms with van der Waals surface area (Å²) in [6.45, 7) is 2.97. The summed E-state index contributed by atoms with van der Waals surface area (Å²) < 4.78 is 26.6. The van der Waals surface area contributed by atoms with Crippen LogP contribution in [0, 0.1) is 12.3 Å². The van der Waals surface area contributed by atoms with Gasteiger partial charge in [-0.25, -0.2) is 8.42 Å². The first-order chi connectivity index (χ1) is 9.33. The maximum Gasteiger partial charge on any atom is 0.243 e. The Morgan fingerprint density at radius 3 is 2.55 bits per heavy atom. The third kappa shape index (κ3) is 2.04. The van der Waals surface area contributed by atoms with Crippen LogP contribution < -0.4 is 0 Å². The number of nitrogens with zero attached hydrogens (tertiary/aromatic N) is 1. The van der Waals surface area contributed by atoms with Crippen LogP contribution in [0.2, 0.25) is 0 Å². The summed E-state index contributed by atoms with van der Waals surface area (Å²) >= 11 is 3.63. The predicted octanol–water partition coefficient (Wildman–Crippen LogP) is 1.91. The van der Waals surface area contributed by atoms with Crippen LogP contribution in [0.4, 0.5) is 0 Å². The van der Waals surface area contributed by atoms with Crippen LogP contribution in [0.5, 0.6) is 0 Å². The summed E-state index contributed by atoms with van der Waals surface area (Å²) in [5.41, 5.74) is 0.924. The van der Waals surface area contributed by atoms with Crippen LogP contribution in [-0.2, 0) is 10.0 Å². The topological polar surface area (TPSA) is 57.6 Å². The number of rotatable bonds is 3. The second-order valence-electron chi connectivity index (χ2n) is 5.98. The van der Waals surface area contributed by atoms with E-state index in [4.69, 9.17) is 0 Å². The number of alkyl halides is 1. The van der Waals surface area contributed by atoms with Gasteiger partial charge in [0.2, 0.25) is 10.0 Å². The van der Waals surface area contributed by atoms with E-state index < -0.39 is 10.0 Å². The monoisotopic (exact) mass is 359 g/mol. The number of halogens is 1. The Morgan fingerprint density at radius 1 is 1.35 bits per heavy atom. The molecule has 2 atom stereocenters. The van der Waals surface area contributed by atoms with E-state index in [1.807, 2.05) is 19.1 Å². The Hall–Kier alpha value is -0.430. The predicted molar refractivity (Wildman–Crippen MR) is 80.3 cm³/mol. The molecule has 1 saturated heterocycles. The Morgan fingerprint density at radius 2 is 2.00 bits per heavy atom. The molecule has 4 nitrogen and oxygen atoms in total.